The molecule has 0 saturated heterocycles. The molecule has 0 amide bonds. The quantitative estimate of drug-likeness (QED) is 0.190. The van der Waals surface area contributed by atoms with Crippen LogP contribution in [0, 0.1) is 17.8 Å². The topological polar surface area (TPSA) is 140 Å². The van der Waals surface area contributed by atoms with Gasteiger partial charge in [0.2, 0.25) is 0 Å². The van der Waals surface area contributed by atoms with Crippen LogP contribution >= 0.6 is 0 Å². The van der Waals surface area contributed by atoms with E-state index in [0.29, 0.717) is 30.2 Å². The summed E-state index contributed by atoms with van der Waals surface area (Å²) in [6, 6.07) is 3.65. The van der Waals surface area contributed by atoms with Crippen LogP contribution in [0.3, 0.4) is 0 Å². The van der Waals surface area contributed by atoms with Crippen LogP contribution in [0.4, 0.5) is 4.79 Å². The second-order valence-electron chi connectivity index (χ2n) is 11.7. The van der Waals surface area contributed by atoms with E-state index < -0.39 is 42.3 Å². The van der Waals surface area contributed by atoms with Crippen molar-refractivity contribution in [2.45, 2.75) is 119 Å². The molecule has 0 fully saturated rings. The third kappa shape index (κ3) is 14.4. The van der Waals surface area contributed by atoms with Crippen molar-refractivity contribution in [1.82, 2.24) is 0 Å². The second-order valence-corrected chi connectivity index (χ2v) is 11.7. The first-order valence-corrected chi connectivity index (χ1v) is 14.5. The van der Waals surface area contributed by atoms with E-state index in [1.165, 1.54) is 12.1 Å². The zero-order valence-corrected chi connectivity index (χ0v) is 26.1. The Balaban J connectivity index is 2.89. The van der Waals surface area contributed by atoms with Crippen LogP contribution < -0.4 is 15.2 Å². The first-order valence-electron chi connectivity index (χ1n) is 14.5. The molecular weight excluding hydrogens is 530 g/mol. The maximum atomic E-state index is 12.7. The Labute approximate surface area is 244 Å². The molecule has 41 heavy (non-hydrogen) atoms. The van der Waals surface area contributed by atoms with Gasteiger partial charge < -0.3 is 29.4 Å². The summed E-state index contributed by atoms with van der Waals surface area (Å²) < 4.78 is 26.9. The lowest BCUT2D eigenvalue weighted by molar-refractivity contribution is -0.156. The van der Waals surface area contributed by atoms with E-state index in [4.69, 9.17) is 29.4 Å². The van der Waals surface area contributed by atoms with Gasteiger partial charge in [0.1, 0.15) is 24.4 Å². The van der Waals surface area contributed by atoms with Crippen LogP contribution in [0.15, 0.2) is 18.2 Å². The van der Waals surface area contributed by atoms with Gasteiger partial charge >= 0.3 is 24.1 Å². The van der Waals surface area contributed by atoms with Gasteiger partial charge in [-0.3, -0.25) is 14.4 Å². The van der Waals surface area contributed by atoms with Gasteiger partial charge in [-0.15, -0.1) is 0 Å². The molecule has 1 aromatic carbocycles. The first kappa shape index (κ1) is 35.9. The summed E-state index contributed by atoms with van der Waals surface area (Å²) in [4.78, 5) is 49.5. The minimum atomic E-state index is -1.05. The molecule has 1 rings (SSSR count). The Morgan fingerprint density at radius 2 is 1.17 bits per heavy atom. The van der Waals surface area contributed by atoms with Gasteiger partial charge in [-0.1, -0.05) is 47.6 Å². The Bertz CT molecular complexity index is 1010. The molecule has 0 aliphatic rings. The molecule has 2 unspecified atom stereocenters. The van der Waals surface area contributed by atoms with Gasteiger partial charge in [0, 0.05) is 12.8 Å². The monoisotopic (exact) mass is 579 g/mol. The number of ether oxygens (including phenoxy) is 5. The van der Waals surface area contributed by atoms with Crippen LogP contribution in [0.5, 0.6) is 11.5 Å². The molecule has 0 radical (unpaired) electrons. The van der Waals surface area contributed by atoms with E-state index in [9.17, 15) is 19.2 Å². The summed E-state index contributed by atoms with van der Waals surface area (Å²) in [5.74, 6) is -0.607. The number of hydrogen-bond donors (Lipinski definition) is 1. The number of rotatable bonds is 16. The Morgan fingerprint density at radius 1 is 0.683 bits per heavy atom. The predicted octanol–water partition coefficient (Wildman–Crippen LogP) is 5.76. The minimum Gasteiger partial charge on any atom is -0.458 e. The zero-order valence-electron chi connectivity index (χ0n) is 26.1. The summed E-state index contributed by atoms with van der Waals surface area (Å²) in [6.07, 6.45) is -0.901. The molecular formula is C31H49NO9. The van der Waals surface area contributed by atoms with Crippen LogP contribution in [0.25, 0.3) is 0 Å². The largest absolute Gasteiger partial charge is 0.508 e. The van der Waals surface area contributed by atoms with Gasteiger partial charge in [0.05, 0.1) is 0 Å². The molecule has 0 aromatic heterocycles. The van der Waals surface area contributed by atoms with Crippen molar-refractivity contribution in [2.24, 2.45) is 23.5 Å². The van der Waals surface area contributed by atoms with Gasteiger partial charge in [0.15, 0.2) is 11.5 Å². The van der Waals surface area contributed by atoms with E-state index >= 15 is 0 Å². The van der Waals surface area contributed by atoms with Crippen LogP contribution in [0.2, 0.25) is 0 Å². The van der Waals surface area contributed by atoms with Crippen LogP contribution in [0.1, 0.15) is 93.6 Å². The Kier molecular flexibility index (Phi) is 15.4. The van der Waals surface area contributed by atoms with Crippen molar-refractivity contribution in [3.63, 3.8) is 0 Å². The third-order valence-electron chi connectivity index (χ3n) is 6.53. The lowest BCUT2D eigenvalue weighted by atomic mass is 10.1. The molecule has 0 aliphatic heterocycles. The molecule has 10 heteroatoms. The fourth-order valence-electron chi connectivity index (χ4n) is 3.27. The molecule has 4 atom stereocenters. The Hall–Kier alpha value is -3.14. The van der Waals surface area contributed by atoms with E-state index in [1.54, 1.807) is 26.8 Å². The Morgan fingerprint density at radius 3 is 1.68 bits per heavy atom. The van der Waals surface area contributed by atoms with Gasteiger partial charge in [0.25, 0.3) is 0 Å². The van der Waals surface area contributed by atoms with Crippen LogP contribution in [-0.4, -0.2) is 48.4 Å². The number of esters is 3. The summed E-state index contributed by atoms with van der Waals surface area (Å²) in [6.45, 7) is 16.8. The number of hydrogen-bond acceptors (Lipinski definition) is 10. The highest BCUT2D eigenvalue weighted by Crippen LogP contribution is 2.30. The molecule has 0 aliphatic carbocycles. The summed E-state index contributed by atoms with van der Waals surface area (Å²) in [5.41, 5.74) is 6.69. The summed E-state index contributed by atoms with van der Waals surface area (Å²) in [7, 11) is 0. The first-order chi connectivity index (χ1) is 19.1. The van der Waals surface area contributed by atoms with Gasteiger partial charge in [-0.2, -0.15) is 0 Å². The van der Waals surface area contributed by atoms with Crippen molar-refractivity contribution in [2.75, 3.05) is 0 Å². The fourth-order valence-corrected chi connectivity index (χ4v) is 3.27. The summed E-state index contributed by atoms with van der Waals surface area (Å²) >= 11 is 0. The van der Waals surface area contributed by atoms with E-state index in [1.807, 2.05) is 41.5 Å². The average molecular weight is 580 g/mol. The number of carbonyl (C=O) groups is 4. The highest BCUT2D eigenvalue weighted by molar-refractivity contribution is 5.77. The average Bonchev–Trinajstić information content (AvgIpc) is 2.87. The van der Waals surface area contributed by atoms with E-state index in [0.717, 1.165) is 0 Å². The molecule has 2 N–H and O–H groups in total. The fraction of sp³-hybridized carbons (Fsp3) is 0.677. The maximum Gasteiger partial charge on any atom is 0.508 e. The number of carbonyl (C=O) groups excluding carboxylic acids is 4. The highest BCUT2D eigenvalue weighted by Gasteiger charge is 2.26. The van der Waals surface area contributed by atoms with Crippen molar-refractivity contribution in [3.05, 3.63) is 23.8 Å². The highest BCUT2D eigenvalue weighted by atomic mass is 16.7. The molecule has 232 valence electrons. The van der Waals surface area contributed by atoms with Gasteiger partial charge in [-0.05, 0) is 75.5 Å². The molecule has 0 spiro atoms. The molecule has 1 aromatic rings. The lowest BCUT2D eigenvalue weighted by Crippen LogP contribution is -2.39. The number of benzene rings is 1. The smallest absolute Gasteiger partial charge is 0.458 e. The molecule has 0 heterocycles. The SMILES string of the molecule is CC(C)CCC(=O)Oc1ccc(C[C@H](N)C(=O)O[C@@H](C)C(C)OC(=O)OC(C)C(C)C)cc1OC(=O)CCC(C)C. The summed E-state index contributed by atoms with van der Waals surface area (Å²) in [5, 5.41) is 0. The predicted molar refractivity (Wildman–Crippen MR) is 154 cm³/mol. The third-order valence-corrected chi connectivity index (χ3v) is 6.53. The normalized spacial score (nSPS) is 14.3. The lowest BCUT2D eigenvalue weighted by Gasteiger charge is -2.23. The zero-order chi connectivity index (χ0) is 31.3. The van der Waals surface area contributed by atoms with Crippen molar-refractivity contribution in [1.29, 1.82) is 0 Å². The second kappa shape index (κ2) is 17.6. The van der Waals surface area contributed by atoms with Crippen molar-refractivity contribution in [3.8, 4) is 11.5 Å². The minimum absolute atomic E-state index is 0.0624. The standard InChI is InChI=1S/C31H49NO9/c1-18(2)10-14-28(33)40-26-13-12-24(17-27(26)41-29(34)15-11-19(3)4)16-25(32)30(35)37-22(8)23(9)39-31(36)38-21(7)20(5)6/h12-13,17-23,25H,10-11,14-16,32H2,1-9H3/t21?,22-,23?,25-/m0/s1. The van der Waals surface area contributed by atoms with Gasteiger partial charge in [-0.25, -0.2) is 4.79 Å². The molecule has 10 nitrogen and oxygen atoms in total. The van der Waals surface area contributed by atoms with Crippen molar-refractivity contribution >= 4 is 24.1 Å². The van der Waals surface area contributed by atoms with Crippen LogP contribution in [-0.2, 0) is 35.0 Å². The molecule has 0 bridgehead atoms. The van der Waals surface area contributed by atoms with E-state index in [2.05, 4.69) is 0 Å². The van der Waals surface area contributed by atoms with Crippen molar-refractivity contribution < 1.29 is 42.9 Å². The maximum absolute atomic E-state index is 12.7. The molecule has 0 saturated carbocycles. The number of nitrogens with two attached hydrogens (primary N) is 1. The van der Waals surface area contributed by atoms with E-state index in [-0.39, 0.29) is 42.8 Å².